The van der Waals surface area contributed by atoms with Gasteiger partial charge in [-0.1, -0.05) is 36.4 Å². The molecule has 2 saturated heterocycles. The van der Waals surface area contributed by atoms with Gasteiger partial charge in [-0.2, -0.15) is 0 Å². The fourth-order valence-electron chi connectivity index (χ4n) is 6.19. The van der Waals surface area contributed by atoms with Crippen molar-refractivity contribution < 1.29 is 14.3 Å². The van der Waals surface area contributed by atoms with Crippen LogP contribution in [0.4, 0.5) is 4.79 Å². The lowest BCUT2D eigenvalue weighted by atomic mass is 9.76. The quantitative estimate of drug-likeness (QED) is 0.749. The highest BCUT2D eigenvalue weighted by molar-refractivity contribution is 5.74. The van der Waals surface area contributed by atoms with Crippen LogP contribution in [0.1, 0.15) is 42.0 Å². The van der Waals surface area contributed by atoms with Crippen molar-refractivity contribution in [2.24, 2.45) is 5.92 Å². The topological polar surface area (TPSA) is 54.0 Å². The van der Waals surface area contributed by atoms with Gasteiger partial charge in [0.1, 0.15) is 0 Å². The van der Waals surface area contributed by atoms with Crippen molar-refractivity contribution in [2.75, 3.05) is 40.4 Å². The van der Waals surface area contributed by atoms with E-state index in [9.17, 15) is 4.79 Å². The minimum Gasteiger partial charge on any atom is -0.493 e. The minimum atomic E-state index is 0.0948. The number of rotatable bonds is 5. The zero-order chi connectivity index (χ0) is 22.8. The first-order chi connectivity index (χ1) is 16.2. The first-order valence-corrected chi connectivity index (χ1v) is 12.3. The Morgan fingerprint density at radius 2 is 1.94 bits per heavy atom. The van der Waals surface area contributed by atoms with Crippen LogP contribution in [0.2, 0.25) is 0 Å². The Labute approximate surface area is 196 Å². The molecule has 0 bridgehead atoms. The van der Waals surface area contributed by atoms with Gasteiger partial charge in [0.25, 0.3) is 0 Å². The molecule has 3 aliphatic heterocycles. The molecule has 6 heteroatoms. The van der Waals surface area contributed by atoms with Crippen LogP contribution >= 0.6 is 0 Å². The van der Waals surface area contributed by atoms with Crippen LogP contribution in [0.3, 0.4) is 0 Å². The number of carbonyl (C=O) groups is 1. The Hall–Kier alpha value is -2.73. The molecule has 3 atom stereocenters. The fraction of sp³-hybridized carbons (Fsp3) is 0.519. The van der Waals surface area contributed by atoms with Crippen LogP contribution in [0.5, 0.6) is 11.5 Å². The third-order valence-electron chi connectivity index (χ3n) is 7.78. The van der Waals surface area contributed by atoms with Gasteiger partial charge >= 0.3 is 6.03 Å². The third-order valence-corrected chi connectivity index (χ3v) is 7.78. The van der Waals surface area contributed by atoms with E-state index in [0.717, 1.165) is 56.8 Å². The normalized spacial score (nSPS) is 24.3. The number of ether oxygens (including phenoxy) is 2. The molecular formula is C27H35N3O3. The summed E-state index contributed by atoms with van der Waals surface area (Å²) in [7, 11) is 3.42. The molecule has 33 heavy (non-hydrogen) atoms. The standard InChI is InChI=1S/C27H35N3O3/c1-32-25-11-10-21-22(26(25)33-2)13-16-29-18-20-9-6-15-30(23(20)17-24(21)29)27(31)28-14-12-19-7-4-3-5-8-19/h3-5,7-8,10-11,20,23-24H,6,9,12-18H2,1-2H3,(H,28,31)/t20-,23+,24+/m0/s1. The van der Waals surface area contributed by atoms with Crippen molar-refractivity contribution in [2.45, 2.75) is 44.2 Å². The molecule has 0 aromatic heterocycles. The number of urea groups is 1. The zero-order valence-electron chi connectivity index (χ0n) is 19.8. The van der Waals surface area contributed by atoms with E-state index in [0.29, 0.717) is 18.5 Å². The van der Waals surface area contributed by atoms with Crippen LogP contribution in [-0.2, 0) is 12.8 Å². The summed E-state index contributed by atoms with van der Waals surface area (Å²) in [6.07, 6.45) is 5.13. The molecule has 0 saturated carbocycles. The molecule has 2 aromatic rings. The van der Waals surface area contributed by atoms with E-state index in [1.54, 1.807) is 14.2 Å². The Balaban J connectivity index is 1.31. The first kappa shape index (κ1) is 22.1. The van der Waals surface area contributed by atoms with Gasteiger partial charge < -0.3 is 19.7 Å². The summed E-state index contributed by atoms with van der Waals surface area (Å²) in [5.41, 5.74) is 3.87. The Bertz CT molecular complexity index is 980. The number of hydrogen-bond donors (Lipinski definition) is 1. The number of nitrogens with zero attached hydrogens (tertiary/aromatic N) is 2. The number of nitrogens with one attached hydrogen (secondary N) is 1. The summed E-state index contributed by atoms with van der Waals surface area (Å²) in [6.45, 7) is 3.63. The highest BCUT2D eigenvalue weighted by Crippen LogP contribution is 2.46. The number of piperidine rings is 2. The molecule has 0 radical (unpaired) electrons. The lowest BCUT2D eigenvalue weighted by Gasteiger charge is -2.52. The van der Waals surface area contributed by atoms with E-state index >= 15 is 0 Å². The van der Waals surface area contributed by atoms with Gasteiger partial charge in [0.05, 0.1) is 14.2 Å². The summed E-state index contributed by atoms with van der Waals surface area (Å²) in [5.74, 6) is 2.22. The summed E-state index contributed by atoms with van der Waals surface area (Å²) in [5, 5.41) is 3.20. The van der Waals surface area contributed by atoms with Crippen molar-refractivity contribution in [3.63, 3.8) is 0 Å². The van der Waals surface area contributed by atoms with E-state index in [1.807, 2.05) is 24.3 Å². The maximum absolute atomic E-state index is 13.2. The maximum atomic E-state index is 13.2. The van der Waals surface area contributed by atoms with Crippen LogP contribution in [0.15, 0.2) is 42.5 Å². The van der Waals surface area contributed by atoms with Crippen molar-refractivity contribution in [3.05, 3.63) is 59.2 Å². The van der Waals surface area contributed by atoms with Gasteiger partial charge in [0.2, 0.25) is 0 Å². The molecule has 1 N–H and O–H groups in total. The third kappa shape index (κ3) is 4.29. The second-order valence-corrected chi connectivity index (χ2v) is 9.50. The number of benzene rings is 2. The van der Waals surface area contributed by atoms with Crippen LogP contribution in [0.25, 0.3) is 0 Å². The molecule has 2 amide bonds. The number of carbonyl (C=O) groups excluding carboxylic acids is 1. The van der Waals surface area contributed by atoms with Crippen molar-refractivity contribution in [3.8, 4) is 11.5 Å². The molecule has 6 nitrogen and oxygen atoms in total. The smallest absolute Gasteiger partial charge is 0.317 e. The maximum Gasteiger partial charge on any atom is 0.317 e. The Morgan fingerprint density at radius 1 is 1.09 bits per heavy atom. The average Bonchev–Trinajstić information content (AvgIpc) is 2.86. The van der Waals surface area contributed by atoms with Crippen LogP contribution < -0.4 is 14.8 Å². The summed E-state index contributed by atoms with van der Waals surface area (Å²) in [6, 6.07) is 15.3. The summed E-state index contributed by atoms with van der Waals surface area (Å²) >= 11 is 0. The van der Waals surface area contributed by atoms with E-state index in [2.05, 4.69) is 33.3 Å². The largest absolute Gasteiger partial charge is 0.493 e. The molecule has 0 spiro atoms. The van der Waals surface area contributed by atoms with Gasteiger partial charge in [-0.25, -0.2) is 4.79 Å². The van der Waals surface area contributed by atoms with Crippen molar-refractivity contribution in [1.29, 1.82) is 0 Å². The molecule has 0 aliphatic carbocycles. The van der Waals surface area contributed by atoms with E-state index in [4.69, 9.17) is 9.47 Å². The lowest BCUT2D eigenvalue weighted by molar-refractivity contribution is 0.00551. The predicted octanol–water partition coefficient (Wildman–Crippen LogP) is 4.04. The highest BCUT2D eigenvalue weighted by Gasteiger charge is 2.44. The lowest BCUT2D eigenvalue weighted by Crippen LogP contribution is -2.59. The van der Waals surface area contributed by atoms with Gasteiger partial charge in [0, 0.05) is 43.8 Å². The number of fused-ring (bicyclic) bond motifs is 4. The van der Waals surface area contributed by atoms with Crippen LogP contribution in [-0.4, -0.2) is 62.3 Å². The van der Waals surface area contributed by atoms with E-state index in [1.165, 1.54) is 23.1 Å². The molecule has 5 rings (SSSR count). The SMILES string of the molecule is COc1ccc2c(c1OC)CCN1C[C@@H]3CCCN(C(=O)NCCc4ccccc4)[C@@H]3C[C@H]21. The van der Waals surface area contributed by atoms with Gasteiger partial charge in [-0.3, -0.25) is 4.90 Å². The summed E-state index contributed by atoms with van der Waals surface area (Å²) < 4.78 is 11.3. The molecular weight excluding hydrogens is 414 g/mol. The Kier molecular flexibility index (Phi) is 6.45. The molecule has 0 unspecified atom stereocenters. The number of amides is 2. The predicted molar refractivity (Wildman–Crippen MR) is 129 cm³/mol. The van der Waals surface area contributed by atoms with Gasteiger partial charge in [-0.05, 0) is 55.2 Å². The molecule has 176 valence electrons. The number of methoxy groups -OCH3 is 2. The first-order valence-electron chi connectivity index (χ1n) is 12.3. The molecule has 2 aromatic carbocycles. The number of likely N-dealkylation sites (tertiary alicyclic amines) is 1. The van der Waals surface area contributed by atoms with Crippen molar-refractivity contribution in [1.82, 2.24) is 15.1 Å². The fourth-order valence-corrected chi connectivity index (χ4v) is 6.19. The van der Waals surface area contributed by atoms with Gasteiger partial charge in [0.15, 0.2) is 11.5 Å². The van der Waals surface area contributed by atoms with Gasteiger partial charge in [-0.15, -0.1) is 0 Å². The van der Waals surface area contributed by atoms with Crippen LogP contribution in [0, 0.1) is 5.92 Å². The second-order valence-electron chi connectivity index (χ2n) is 9.50. The van der Waals surface area contributed by atoms with Crippen molar-refractivity contribution >= 4 is 6.03 Å². The Morgan fingerprint density at radius 3 is 2.73 bits per heavy atom. The molecule has 3 heterocycles. The zero-order valence-corrected chi connectivity index (χ0v) is 19.8. The monoisotopic (exact) mass is 449 g/mol. The number of hydrogen-bond acceptors (Lipinski definition) is 4. The van der Waals surface area contributed by atoms with E-state index < -0.39 is 0 Å². The molecule has 2 fully saturated rings. The summed E-state index contributed by atoms with van der Waals surface area (Å²) in [4.78, 5) is 18.0. The second kappa shape index (κ2) is 9.64. The highest BCUT2D eigenvalue weighted by atomic mass is 16.5. The average molecular weight is 450 g/mol. The van der Waals surface area contributed by atoms with E-state index in [-0.39, 0.29) is 12.1 Å². The molecule has 3 aliphatic rings. The minimum absolute atomic E-state index is 0.0948.